The quantitative estimate of drug-likeness (QED) is 0.920. The molecule has 6 nitrogen and oxygen atoms in total. The number of hydrogen-bond acceptors (Lipinski definition) is 4. The molecule has 0 aliphatic carbocycles. The molecular weight excluding hydrogens is 270 g/mol. The lowest BCUT2D eigenvalue weighted by Crippen LogP contribution is -2.30. The Hall–Kier alpha value is -2.63. The first-order valence-electron chi connectivity index (χ1n) is 6.72. The molecule has 1 aliphatic rings. The molecule has 0 radical (unpaired) electrons. The van der Waals surface area contributed by atoms with Crippen LogP contribution in [-0.4, -0.2) is 36.0 Å². The fourth-order valence-electron chi connectivity index (χ4n) is 1.82. The Kier molecular flexibility index (Phi) is 5.09. The predicted octanol–water partition coefficient (Wildman–Crippen LogP) is 1.99. The molecular formula is C15H17N3O3. The Morgan fingerprint density at radius 2 is 2.19 bits per heavy atom. The highest BCUT2D eigenvalue weighted by Gasteiger charge is 2.24. The summed E-state index contributed by atoms with van der Waals surface area (Å²) in [6.07, 6.45) is 3.26. The number of amides is 2. The Balaban J connectivity index is 1.88. The molecule has 1 heterocycles. The van der Waals surface area contributed by atoms with Gasteiger partial charge in [-0.25, -0.2) is 9.80 Å². The van der Waals surface area contributed by atoms with Crippen molar-refractivity contribution in [3.05, 3.63) is 42.0 Å². The van der Waals surface area contributed by atoms with Gasteiger partial charge in [-0.05, 0) is 12.5 Å². The van der Waals surface area contributed by atoms with E-state index in [0.717, 1.165) is 5.56 Å². The van der Waals surface area contributed by atoms with Crippen molar-refractivity contribution in [1.29, 1.82) is 0 Å². The first kappa shape index (κ1) is 14.8. The van der Waals surface area contributed by atoms with Gasteiger partial charge >= 0.3 is 6.09 Å². The molecule has 1 N–H and O–H groups in total. The molecule has 0 saturated heterocycles. The summed E-state index contributed by atoms with van der Waals surface area (Å²) in [7, 11) is 0. The molecule has 1 aromatic rings. The predicted molar refractivity (Wildman–Crippen MR) is 79.4 cm³/mol. The van der Waals surface area contributed by atoms with E-state index in [-0.39, 0.29) is 18.9 Å². The fraction of sp³-hybridized carbons (Fsp3) is 0.267. The number of alkyl carbamates (subject to hydrolysis) is 1. The third kappa shape index (κ3) is 4.45. The van der Waals surface area contributed by atoms with Crippen molar-refractivity contribution in [1.82, 2.24) is 10.3 Å². The number of rotatable bonds is 4. The van der Waals surface area contributed by atoms with Crippen LogP contribution in [0.25, 0.3) is 6.08 Å². The molecule has 110 valence electrons. The van der Waals surface area contributed by atoms with E-state index in [2.05, 4.69) is 10.4 Å². The van der Waals surface area contributed by atoms with Crippen LogP contribution in [0.1, 0.15) is 18.9 Å². The van der Waals surface area contributed by atoms with Gasteiger partial charge in [0.1, 0.15) is 5.84 Å². The summed E-state index contributed by atoms with van der Waals surface area (Å²) in [6.45, 7) is 2.35. The van der Waals surface area contributed by atoms with Gasteiger partial charge < -0.3 is 4.74 Å². The third-order valence-electron chi connectivity index (χ3n) is 2.76. The van der Waals surface area contributed by atoms with Crippen molar-refractivity contribution in [2.24, 2.45) is 5.10 Å². The monoisotopic (exact) mass is 287 g/mol. The number of carbonyl (C=O) groups excluding carboxylic acids is 2. The van der Waals surface area contributed by atoms with Gasteiger partial charge in [-0.3, -0.25) is 10.1 Å². The minimum Gasteiger partial charge on any atom is -0.450 e. The zero-order chi connectivity index (χ0) is 15.1. The van der Waals surface area contributed by atoms with Gasteiger partial charge in [-0.2, -0.15) is 5.10 Å². The Morgan fingerprint density at radius 3 is 2.90 bits per heavy atom. The van der Waals surface area contributed by atoms with Crippen LogP contribution < -0.4 is 5.32 Å². The van der Waals surface area contributed by atoms with E-state index in [1.54, 1.807) is 6.92 Å². The van der Waals surface area contributed by atoms with Gasteiger partial charge in [-0.1, -0.05) is 42.5 Å². The van der Waals surface area contributed by atoms with Crippen molar-refractivity contribution in [3.63, 3.8) is 0 Å². The number of amidine groups is 1. The van der Waals surface area contributed by atoms with Crippen LogP contribution in [0.5, 0.6) is 0 Å². The van der Waals surface area contributed by atoms with Gasteiger partial charge in [0.05, 0.1) is 19.6 Å². The molecule has 0 bridgehead atoms. The van der Waals surface area contributed by atoms with E-state index in [1.165, 1.54) is 5.01 Å². The zero-order valence-corrected chi connectivity index (χ0v) is 11.8. The highest BCUT2D eigenvalue weighted by molar-refractivity contribution is 6.08. The molecule has 1 aliphatic heterocycles. The highest BCUT2D eigenvalue weighted by Crippen LogP contribution is 2.08. The number of carbonyl (C=O) groups is 2. The number of benzene rings is 1. The van der Waals surface area contributed by atoms with Gasteiger partial charge in [-0.15, -0.1) is 0 Å². The highest BCUT2D eigenvalue weighted by atomic mass is 16.5. The molecule has 1 aromatic carbocycles. The molecule has 0 saturated carbocycles. The van der Waals surface area contributed by atoms with Gasteiger partial charge in [0, 0.05) is 0 Å². The van der Waals surface area contributed by atoms with E-state index < -0.39 is 6.09 Å². The molecule has 6 heteroatoms. The maximum absolute atomic E-state index is 11.8. The molecule has 0 unspecified atom stereocenters. The molecule has 2 rings (SSSR count). The Morgan fingerprint density at radius 1 is 1.43 bits per heavy atom. The average Bonchev–Trinajstić information content (AvgIpc) is 2.80. The smallest absolute Gasteiger partial charge is 0.412 e. The summed E-state index contributed by atoms with van der Waals surface area (Å²) in [4.78, 5) is 23.0. The largest absolute Gasteiger partial charge is 0.450 e. The second-order valence-electron chi connectivity index (χ2n) is 4.36. The molecule has 21 heavy (non-hydrogen) atoms. The van der Waals surface area contributed by atoms with Crippen molar-refractivity contribution in [2.75, 3.05) is 13.2 Å². The maximum Gasteiger partial charge on any atom is 0.412 e. The number of ether oxygens (including phenoxy) is 1. The van der Waals surface area contributed by atoms with Crippen molar-refractivity contribution in [3.8, 4) is 0 Å². The minimum absolute atomic E-state index is 0.0813. The molecule has 2 amide bonds. The van der Waals surface area contributed by atoms with Gasteiger partial charge in [0.2, 0.25) is 0 Å². The van der Waals surface area contributed by atoms with Crippen molar-refractivity contribution in [2.45, 2.75) is 13.3 Å². The zero-order valence-electron chi connectivity index (χ0n) is 11.8. The average molecular weight is 287 g/mol. The van der Waals surface area contributed by atoms with Crippen molar-refractivity contribution >= 4 is 23.9 Å². The van der Waals surface area contributed by atoms with Crippen LogP contribution >= 0.6 is 0 Å². The summed E-state index contributed by atoms with van der Waals surface area (Å²) in [5, 5.41) is 7.83. The van der Waals surface area contributed by atoms with Crippen LogP contribution in [0.3, 0.4) is 0 Å². The summed E-state index contributed by atoms with van der Waals surface area (Å²) in [5.74, 6) is 0.158. The standard InChI is InChI=1S/C15H17N3O3/c1-2-21-15(20)16-13-11-14(19)18(17-13)10-6-9-12-7-4-3-5-8-12/h3-9H,2,10-11H2,1H3,(H,16,17,20)/b9-6+. The summed E-state index contributed by atoms with van der Waals surface area (Å²) < 4.78 is 4.74. The Bertz CT molecular complexity index is 567. The lowest BCUT2D eigenvalue weighted by molar-refractivity contribution is -0.128. The van der Waals surface area contributed by atoms with E-state index in [0.29, 0.717) is 12.4 Å². The molecule has 0 aromatic heterocycles. The first-order chi connectivity index (χ1) is 10.2. The number of hydrazone groups is 1. The molecule has 0 spiro atoms. The van der Waals surface area contributed by atoms with Crippen LogP contribution in [0.2, 0.25) is 0 Å². The SMILES string of the molecule is CCOC(=O)NC1=NN(C/C=C/c2ccccc2)C(=O)C1. The van der Waals surface area contributed by atoms with Crippen LogP contribution in [0, 0.1) is 0 Å². The van der Waals surface area contributed by atoms with Crippen LogP contribution in [-0.2, 0) is 9.53 Å². The lowest BCUT2D eigenvalue weighted by Gasteiger charge is -2.07. The van der Waals surface area contributed by atoms with E-state index >= 15 is 0 Å². The number of nitrogens with one attached hydrogen (secondary N) is 1. The van der Waals surface area contributed by atoms with Crippen LogP contribution in [0.4, 0.5) is 4.79 Å². The fourth-order valence-corrected chi connectivity index (χ4v) is 1.82. The van der Waals surface area contributed by atoms with E-state index in [9.17, 15) is 9.59 Å². The normalized spacial score (nSPS) is 14.4. The molecule has 0 atom stereocenters. The van der Waals surface area contributed by atoms with Crippen LogP contribution in [0.15, 0.2) is 41.5 Å². The van der Waals surface area contributed by atoms with Gasteiger partial charge in [0.15, 0.2) is 0 Å². The number of hydrogen-bond donors (Lipinski definition) is 1. The minimum atomic E-state index is -0.592. The number of nitrogens with zero attached hydrogens (tertiary/aromatic N) is 2. The lowest BCUT2D eigenvalue weighted by atomic mass is 10.2. The Labute approximate surface area is 123 Å². The third-order valence-corrected chi connectivity index (χ3v) is 2.76. The van der Waals surface area contributed by atoms with E-state index in [4.69, 9.17) is 4.74 Å². The summed E-state index contributed by atoms with van der Waals surface area (Å²) >= 11 is 0. The van der Waals surface area contributed by atoms with Gasteiger partial charge in [0.25, 0.3) is 5.91 Å². The van der Waals surface area contributed by atoms with Crippen molar-refractivity contribution < 1.29 is 14.3 Å². The first-order valence-corrected chi connectivity index (χ1v) is 6.72. The molecule has 0 fully saturated rings. The topological polar surface area (TPSA) is 71.0 Å². The van der Waals surface area contributed by atoms with E-state index in [1.807, 2.05) is 42.5 Å². The summed E-state index contributed by atoms with van der Waals surface area (Å²) in [5.41, 5.74) is 1.05. The second kappa shape index (κ2) is 7.23. The maximum atomic E-state index is 11.8. The summed E-state index contributed by atoms with van der Waals surface area (Å²) in [6, 6.07) is 9.78. The second-order valence-corrected chi connectivity index (χ2v) is 4.36.